The summed E-state index contributed by atoms with van der Waals surface area (Å²) in [4.78, 5) is 30.4. The van der Waals surface area contributed by atoms with E-state index in [9.17, 15) is 9.59 Å². The number of carbonyl (C=O) groups is 2. The van der Waals surface area contributed by atoms with Crippen LogP contribution in [-0.4, -0.2) is 40.2 Å². The number of benzene rings is 1. The van der Waals surface area contributed by atoms with Gasteiger partial charge >= 0.3 is 0 Å². The van der Waals surface area contributed by atoms with Crippen molar-refractivity contribution in [1.82, 2.24) is 4.90 Å². The fraction of sp³-hybridized carbons (Fsp3) is 0.400. The van der Waals surface area contributed by atoms with E-state index in [1.54, 1.807) is 23.1 Å². The summed E-state index contributed by atoms with van der Waals surface area (Å²) in [5.41, 5.74) is 0.551. The minimum atomic E-state index is -0.442. The quantitative estimate of drug-likeness (QED) is 0.856. The Morgan fingerprint density at radius 3 is 2.70 bits per heavy atom. The van der Waals surface area contributed by atoms with Gasteiger partial charge in [-0.3, -0.25) is 19.5 Å². The number of thioether (sulfide) groups is 1. The first-order chi connectivity index (χ1) is 11.0. The summed E-state index contributed by atoms with van der Waals surface area (Å²) in [6, 6.07) is 4.85. The molecule has 0 radical (unpaired) electrons. The lowest BCUT2D eigenvalue weighted by Crippen LogP contribution is -2.33. The summed E-state index contributed by atoms with van der Waals surface area (Å²) in [5.74, 6) is -0.322. The average Bonchev–Trinajstić information content (AvgIpc) is 2.79. The van der Waals surface area contributed by atoms with Crippen LogP contribution < -0.4 is 5.32 Å². The van der Waals surface area contributed by atoms with E-state index < -0.39 is 5.25 Å². The van der Waals surface area contributed by atoms with Crippen LogP contribution >= 0.6 is 35.0 Å². The number of halogens is 2. The predicted octanol–water partition coefficient (Wildman–Crippen LogP) is 3.66. The van der Waals surface area contributed by atoms with Gasteiger partial charge in [-0.05, 0) is 32.0 Å². The number of aliphatic imine (C=N–C) groups is 1. The third kappa shape index (κ3) is 4.40. The van der Waals surface area contributed by atoms with Crippen LogP contribution in [0.5, 0.6) is 0 Å². The molecule has 0 unspecified atom stereocenters. The van der Waals surface area contributed by atoms with Gasteiger partial charge in [0, 0.05) is 25.2 Å². The fourth-order valence-corrected chi connectivity index (χ4v) is 3.71. The topological polar surface area (TPSA) is 61.8 Å². The van der Waals surface area contributed by atoms with Crippen LogP contribution in [0.25, 0.3) is 0 Å². The average molecular weight is 374 g/mol. The highest BCUT2D eigenvalue weighted by atomic mass is 35.5. The number of hydrogen-bond acceptors (Lipinski definition) is 4. The maximum atomic E-state index is 12.3. The molecule has 8 heteroatoms. The van der Waals surface area contributed by atoms with Crippen LogP contribution in [0.1, 0.15) is 20.3 Å². The van der Waals surface area contributed by atoms with Crippen molar-refractivity contribution in [3.63, 3.8) is 0 Å². The molecule has 0 spiro atoms. The standard InChI is InChI=1S/C15H17Cl2N3O2S/c1-3-18-15-20(4-2)14(22)12(23-15)8-13(21)19-9-5-6-10(16)11(17)7-9/h5-7,12H,3-4,8H2,1-2H3,(H,19,21)/t12-/m1/s1. The van der Waals surface area contributed by atoms with E-state index in [0.29, 0.717) is 34.0 Å². The van der Waals surface area contributed by atoms with Crippen LogP contribution in [0, 0.1) is 0 Å². The van der Waals surface area contributed by atoms with Crippen molar-refractivity contribution in [3.8, 4) is 0 Å². The van der Waals surface area contributed by atoms with Crippen molar-refractivity contribution in [1.29, 1.82) is 0 Å². The van der Waals surface area contributed by atoms with Crippen molar-refractivity contribution >= 4 is 57.6 Å². The number of hydrogen-bond donors (Lipinski definition) is 1. The van der Waals surface area contributed by atoms with Gasteiger partial charge in [-0.15, -0.1) is 0 Å². The molecule has 1 aromatic carbocycles. The van der Waals surface area contributed by atoms with E-state index in [4.69, 9.17) is 23.2 Å². The summed E-state index contributed by atoms with van der Waals surface area (Å²) < 4.78 is 0. The third-order valence-electron chi connectivity index (χ3n) is 3.20. The largest absolute Gasteiger partial charge is 0.326 e. The van der Waals surface area contributed by atoms with Crippen LogP contribution in [0.3, 0.4) is 0 Å². The first-order valence-electron chi connectivity index (χ1n) is 7.23. The van der Waals surface area contributed by atoms with Crippen LogP contribution in [0.4, 0.5) is 5.69 Å². The Kier molecular flexibility index (Phi) is 6.33. The fourth-order valence-electron chi connectivity index (χ4n) is 2.14. The molecule has 1 atom stereocenters. The minimum Gasteiger partial charge on any atom is -0.326 e. The monoisotopic (exact) mass is 373 g/mol. The summed E-state index contributed by atoms with van der Waals surface area (Å²) in [5, 5.41) is 3.76. The lowest BCUT2D eigenvalue weighted by molar-refractivity contribution is -0.128. The lowest BCUT2D eigenvalue weighted by atomic mass is 10.2. The number of amides is 2. The van der Waals surface area contributed by atoms with Gasteiger partial charge in [0.25, 0.3) is 0 Å². The number of nitrogens with zero attached hydrogens (tertiary/aromatic N) is 2. The van der Waals surface area contributed by atoms with Crippen molar-refractivity contribution in [2.24, 2.45) is 4.99 Å². The molecule has 5 nitrogen and oxygen atoms in total. The summed E-state index contributed by atoms with van der Waals surface area (Å²) in [6.45, 7) is 4.96. The second-order valence-corrected chi connectivity index (χ2v) is 6.81. The van der Waals surface area contributed by atoms with Crippen molar-refractivity contribution in [2.75, 3.05) is 18.4 Å². The molecule has 1 aromatic rings. The van der Waals surface area contributed by atoms with Crippen LogP contribution in [0.15, 0.2) is 23.2 Å². The molecular weight excluding hydrogens is 357 g/mol. The molecule has 124 valence electrons. The first-order valence-corrected chi connectivity index (χ1v) is 8.87. The number of anilines is 1. The van der Waals surface area contributed by atoms with E-state index in [2.05, 4.69) is 10.3 Å². The zero-order valence-electron chi connectivity index (χ0n) is 12.8. The van der Waals surface area contributed by atoms with Crippen molar-refractivity contribution < 1.29 is 9.59 Å². The molecule has 1 saturated heterocycles. The molecule has 1 heterocycles. The molecule has 0 bridgehead atoms. The van der Waals surface area contributed by atoms with E-state index >= 15 is 0 Å². The number of rotatable bonds is 5. The molecule has 2 amide bonds. The van der Waals surface area contributed by atoms with Gasteiger partial charge in [-0.25, -0.2) is 0 Å². The lowest BCUT2D eigenvalue weighted by Gasteiger charge is -2.13. The van der Waals surface area contributed by atoms with E-state index in [1.807, 2.05) is 13.8 Å². The van der Waals surface area contributed by atoms with Gasteiger partial charge in [0.1, 0.15) is 5.25 Å². The Labute approximate surface area is 149 Å². The molecular formula is C15H17Cl2N3O2S. The van der Waals surface area contributed by atoms with E-state index in [0.717, 1.165) is 0 Å². The maximum absolute atomic E-state index is 12.3. The molecule has 2 rings (SSSR count). The normalized spacial score (nSPS) is 19.5. The Bertz CT molecular complexity index is 652. The maximum Gasteiger partial charge on any atom is 0.242 e. The smallest absolute Gasteiger partial charge is 0.242 e. The molecule has 1 N–H and O–H groups in total. The van der Waals surface area contributed by atoms with Gasteiger partial charge in [0.15, 0.2) is 5.17 Å². The third-order valence-corrected chi connectivity index (χ3v) is 5.16. The van der Waals surface area contributed by atoms with Gasteiger partial charge in [0.2, 0.25) is 11.8 Å². The SMILES string of the molecule is CCN=C1S[C@H](CC(=O)Nc2ccc(Cl)c(Cl)c2)C(=O)N1CC. The summed E-state index contributed by atoms with van der Waals surface area (Å²) in [7, 11) is 0. The zero-order valence-corrected chi connectivity index (χ0v) is 15.1. The van der Waals surface area contributed by atoms with Crippen molar-refractivity contribution in [2.45, 2.75) is 25.5 Å². The van der Waals surface area contributed by atoms with Crippen LogP contribution in [0.2, 0.25) is 10.0 Å². The molecule has 0 saturated carbocycles. The summed E-state index contributed by atoms with van der Waals surface area (Å²) >= 11 is 13.1. The van der Waals surface area contributed by atoms with Gasteiger partial charge in [-0.2, -0.15) is 0 Å². The van der Waals surface area contributed by atoms with E-state index in [1.165, 1.54) is 11.8 Å². The Morgan fingerprint density at radius 2 is 2.09 bits per heavy atom. The highest BCUT2D eigenvalue weighted by Gasteiger charge is 2.38. The summed E-state index contributed by atoms with van der Waals surface area (Å²) in [6.07, 6.45) is 0.0863. The highest BCUT2D eigenvalue weighted by molar-refractivity contribution is 8.15. The van der Waals surface area contributed by atoms with E-state index in [-0.39, 0.29) is 18.2 Å². The molecule has 23 heavy (non-hydrogen) atoms. The predicted molar refractivity (Wildman–Crippen MR) is 96.5 cm³/mol. The Morgan fingerprint density at radius 1 is 1.35 bits per heavy atom. The number of amidine groups is 1. The first kappa shape index (κ1) is 18.1. The molecule has 1 fully saturated rings. The van der Waals surface area contributed by atoms with Gasteiger partial charge in [-0.1, -0.05) is 35.0 Å². The van der Waals surface area contributed by atoms with Crippen LogP contribution in [-0.2, 0) is 9.59 Å². The van der Waals surface area contributed by atoms with Gasteiger partial charge in [0.05, 0.1) is 10.0 Å². The molecule has 0 aromatic heterocycles. The Balaban J connectivity index is 2.01. The molecule has 0 aliphatic carbocycles. The van der Waals surface area contributed by atoms with Crippen molar-refractivity contribution in [3.05, 3.63) is 28.2 Å². The molecule has 1 aliphatic rings. The number of carbonyl (C=O) groups excluding carboxylic acids is 2. The zero-order chi connectivity index (χ0) is 17.0. The minimum absolute atomic E-state index is 0.0750. The Hall–Kier alpha value is -1.24. The van der Waals surface area contributed by atoms with Gasteiger partial charge < -0.3 is 5.32 Å². The number of nitrogens with one attached hydrogen (secondary N) is 1. The second-order valence-electron chi connectivity index (χ2n) is 4.83. The highest BCUT2D eigenvalue weighted by Crippen LogP contribution is 2.30. The molecule has 1 aliphatic heterocycles. The second kappa shape index (κ2) is 8.04.